The molecule has 8 aromatic rings. The van der Waals surface area contributed by atoms with Gasteiger partial charge >= 0.3 is 0 Å². The van der Waals surface area contributed by atoms with Crippen molar-refractivity contribution >= 4 is 43.7 Å². The molecule has 3 aromatic heterocycles. The lowest BCUT2D eigenvalue weighted by Crippen LogP contribution is -1.98. The van der Waals surface area contributed by atoms with Gasteiger partial charge < -0.3 is 0 Å². The topological polar surface area (TPSA) is 43.6 Å². The molecule has 4 heteroatoms. The normalized spacial score (nSPS) is 11.6. The lowest BCUT2D eigenvalue weighted by molar-refractivity contribution is 1.10. The van der Waals surface area contributed by atoms with Gasteiger partial charge in [-0.2, -0.15) is 0 Å². The summed E-state index contributed by atoms with van der Waals surface area (Å²) in [4.78, 5) is 14.7. The Morgan fingerprint density at radius 1 is 0.487 bits per heavy atom. The maximum Gasteiger partial charge on any atom is 0.145 e. The van der Waals surface area contributed by atoms with Gasteiger partial charge in [0.05, 0.1) is 27.6 Å². The Morgan fingerprint density at radius 2 is 1.26 bits per heavy atom. The Bertz CT molecular complexity index is 2160. The first kappa shape index (κ1) is 21.7. The van der Waals surface area contributed by atoms with Crippen LogP contribution in [-0.4, -0.2) is 19.5 Å². The van der Waals surface area contributed by atoms with Crippen molar-refractivity contribution in [2.24, 2.45) is 0 Å². The van der Waals surface area contributed by atoms with Gasteiger partial charge in [-0.1, -0.05) is 91.0 Å². The quantitative estimate of drug-likeness (QED) is 0.181. The monoisotopic (exact) mass is 498 g/mol. The van der Waals surface area contributed by atoms with Crippen molar-refractivity contribution in [3.63, 3.8) is 0 Å². The lowest BCUT2D eigenvalue weighted by atomic mass is 9.95. The van der Waals surface area contributed by atoms with E-state index >= 15 is 0 Å². The third-order valence-electron chi connectivity index (χ3n) is 7.43. The van der Waals surface area contributed by atoms with Crippen LogP contribution in [0.4, 0.5) is 0 Å². The Hall–Kier alpha value is -5.35. The second-order valence-corrected chi connectivity index (χ2v) is 9.71. The predicted octanol–water partition coefficient (Wildman–Crippen LogP) is 8.61. The molecule has 3 heterocycles. The molecule has 5 aromatic carbocycles. The van der Waals surface area contributed by atoms with E-state index in [1.807, 2.05) is 30.5 Å². The number of aromatic nitrogens is 4. The summed E-state index contributed by atoms with van der Waals surface area (Å²) in [7, 11) is 0. The van der Waals surface area contributed by atoms with Crippen molar-refractivity contribution in [3.8, 4) is 28.2 Å². The summed E-state index contributed by atoms with van der Waals surface area (Å²) in [5.74, 6) is 0.932. The molecule has 0 saturated heterocycles. The summed E-state index contributed by atoms with van der Waals surface area (Å²) in [6.45, 7) is 0. The van der Waals surface area contributed by atoms with Crippen LogP contribution in [0.2, 0.25) is 0 Å². The van der Waals surface area contributed by atoms with Crippen LogP contribution in [0.5, 0.6) is 0 Å². The molecule has 0 spiro atoms. The Morgan fingerprint density at radius 3 is 2.13 bits per heavy atom. The third-order valence-corrected chi connectivity index (χ3v) is 7.43. The average molecular weight is 499 g/mol. The summed E-state index contributed by atoms with van der Waals surface area (Å²) in [5.41, 5.74) is 9.36. The van der Waals surface area contributed by atoms with Crippen LogP contribution in [0, 0.1) is 0 Å². The van der Waals surface area contributed by atoms with E-state index < -0.39 is 0 Å². The van der Waals surface area contributed by atoms with Crippen molar-refractivity contribution in [1.82, 2.24) is 19.5 Å². The molecule has 39 heavy (non-hydrogen) atoms. The molecule has 0 aliphatic carbocycles. The maximum atomic E-state index is 5.05. The number of rotatable bonds is 3. The highest BCUT2D eigenvalue weighted by Crippen LogP contribution is 2.38. The second kappa shape index (κ2) is 8.61. The fourth-order valence-corrected chi connectivity index (χ4v) is 5.65. The SMILES string of the molecule is c1ccc(-c2nc3ccccc3n2-c2ccc(-c3c4ccccc4nc4c3ccc3cccnc34)cc2)cc1. The summed E-state index contributed by atoms with van der Waals surface area (Å²) in [5, 5.41) is 3.33. The van der Waals surface area contributed by atoms with Crippen molar-refractivity contribution in [2.75, 3.05) is 0 Å². The Kier molecular flexibility index (Phi) is 4.79. The van der Waals surface area contributed by atoms with Gasteiger partial charge in [-0.15, -0.1) is 0 Å². The molecule has 8 rings (SSSR count). The molecule has 0 aliphatic rings. The van der Waals surface area contributed by atoms with E-state index in [9.17, 15) is 0 Å². The molecule has 0 saturated carbocycles. The van der Waals surface area contributed by atoms with Gasteiger partial charge in [0, 0.05) is 39.2 Å². The number of imidazole rings is 1. The van der Waals surface area contributed by atoms with E-state index in [0.717, 1.165) is 66.4 Å². The highest BCUT2D eigenvalue weighted by molar-refractivity contribution is 6.15. The number of nitrogens with zero attached hydrogens (tertiary/aromatic N) is 4. The van der Waals surface area contributed by atoms with Crippen LogP contribution in [0.3, 0.4) is 0 Å². The number of para-hydroxylation sites is 3. The molecule has 0 N–H and O–H groups in total. The zero-order valence-corrected chi connectivity index (χ0v) is 21.0. The number of hydrogen-bond donors (Lipinski definition) is 0. The minimum atomic E-state index is 0.927. The Balaban J connectivity index is 1.36. The second-order valence-electron chi connectivity index (χ2n) is 9.71. The summed E-state index contributed by atoms with van der Waals surface area (Å²) < 4.78 is 2.24. The van der Waals surface area contributed by atoms with Crippen molar-refractivity contribution in [2.45, 2.75) is 0 Å². The molecule has 0 amide bonds. The van der Waals surface area contributed by atoms with Gasteiger partial charge in [0.25, 0.3) is 0 Å². The van der Waals surface area contributed by atoms with Gasteiger partial charge in [0.1, 0.15) is 5.82 Å². The van der Waals surface area contributed by atoms with Gasteiger partial charge in [-0.3, -0.25) is 9.55 Å². The van der Waals surface area contributed by atoms with Crippen LogP contribution >= 0.6 is 0 Å². The standard InChI is InChI=1S/C35H22N4/c1-2-9-25(10-3-1)35-38-30-14-6-7-15-31(30)39(35)26-19-16-23(17-20-26)32-27-12-4-5-13-29(27)37-34-28(32)21-18-24-11-8-22-36-33(24)34/h1-22H. The molecular weight excluding hydrogens is 476 g/mol. The molecule has 0 bridgehead atoms. The zero-order valence-electron chi connectivity index (χ0n) is 21.0. The largest absolute Gasteiger partial charge is 0.292 e. The number of fused-ring (bicyclic) bond motifs is 5. The van der Waals surface area contributed by atoms with Crippen molar-refractivity contribution < 1.29 is 0 Å². The van der Waals surface area contributed by atoms with Crippen LogP contribution < -0.4 is 0 Å². The summed E-state index contributed by atoms with van der Waals surface area (Å²) >= 11 is 0. The fraction of sp³-hybridized carbons (Fsp3) is 0. The molecule has 0 unspecified atom stereocenters. The fourth-order valence-electron chi connectivity index (χ4n) is 5.65. The Labute approximate surface area is 224 Å². The molecule has 0 aliphatic heterocycles. The maximum absolute atomic E-state index is 5.05. The van der Waals surface area contributed by atoms with E-state index in [-0.39, 0.29) is 0 Å². The third kappa shape index (κ3) is 3.42. The minimum Gasteiger partial charge on any atom is -0.292 e. The first-order chi connectivity index (χ1) is 19.3. The van der Waals surface area contributed by atoms with Crippen LogP contribution in [0.1, 0.15) is 0 Å². The van der Waals surface area contributed by atoms with Gasteiger partial charge in [-0.25, -0.2) is 9.97 Å². The highest BCUT2D eigenvalue weighted by atomic mass is 15.1. The molecule has 0 atom stereocenters. The zero-order chi connectivity index (χ0) is 25.8. The molecular formula is C35H22N4. The highest BCUT2D eigenvalue weighted by Gasteiger charge is 2.16. The average Bonchev–Trinajstić information content (AvgIpc) is 3.40. The summed E-state index contributed by atoms with van der Waals surface area (Å²) in [6, 6.07) is 44.2. The van der Waals surface area contributed by atoms with E-state index in [2.05, 4.69) is 108 Å². The van der Waals surface area contributed by atoms with Crippen LogP contribution in [-0.2, 0) is 0 Å². The molecule has 4 nitrogen and oxygen atoms in total. The smallest absolute Gasteiger partial charge is 0.145 e. The molecule has 182 valence electrons. The number of hydrogen-bond acceptors (Lipinski definition) is 3. The number of benzene rings is 5. The predicted molar refractivity (Wildman–Crippen MR) is 160 cm³/mol. The van der Waals surface area contributed by atoms with Crippen molar-refractivity contribution in [3.05, 3.63) is 134 Å². The molecule has 0 radical (unpaired) electrons. The lowest BCUT2D eigenvalue weighted by Gasteiger charge is -2.14. The summed E-state index contributed by atoms with van der Waals surface area (Å²) in [6.07, 6.45) is 1.84. The first-order valence-corrected chi connectivity index (χ1v) is 13.0. The van der Waals surface area contributed by atoms with E-state index in [4.69, 9.17) is 15.0 Å². The van der Waals surface area contributed by atoms with Gasteiger partial charge in [-0.05, 0) is 42.0 Å². The van der Waals surface area contributed by atoms with E-state index in [1.54, 1.807) is 0 Å². The number of pyridine rings is 2. The van der Waals surface area contributed by atoms with Crippen LogP contribution in [0.25, 0.3) is 71.9 Å². The minimum absolute atomic E-state index is 0.927. The van der Waals surface area contributed by atoms with E-state index in [1.165, 1.54) is 5.56 Å². The van der Waals surface area contributed by atoms with Gasteiger partial charge in [0.15, 0.2) is 0 Å². The van der Waals surface area contributed by atoms with Crippen molar-refractivity contribution in [1.29, 1.82) is 0 Å². The van der Waals surface area contributed by atoms with Crippen LogP contribution in [0.15, 0.2) is 134 Å². The molecule has 0 fully saturated rings. The van der Waals surface area contributed by atoms with Gasteiger partial charge in [0.2, 0.25) is 0 Å². The van der Waals surface area contributed by atoms with E-state index in [0.29, 0.717) is 0 Å². The first-order valence-electron chi connectivity index (χ1n) is 13.0.